The first kappa shape index (κ1) is 22.9. The molecule has 2 amide bonds. The van der Waals surface area contributed by atoms with Crippen molar-refractivity contribution in [3.8, 4) is 5.75 Å². The van der Waals surface area contributed by atoms with Crippen LogP contribution in [0.3, 0.4) is 0 Å². The zero-order valence-electron chi connectivity index (χ0n) is 18.1. The van der Waals surface area contributed by atoms with Crippen LogP contribution >= 0.6 is 11.6 Å². The summed E-state index contributed by atoms with van der Waals surface area (Å²) in [5.41, 5.74) is 1.67. The summed E-state index contributed by atoms with van der Waals surface area (Å²) in [6.45, 7) is 1.48. The third-order valence-electron chi connectivity index (χ3n) is 5.37. The highest BCUT2D eigenvalue weighted by Crippen LogP contribution is 2.34. The lowest BCUT2D eigenvalue weighted by atomic mass is 10.1. The third kappa shape index (κ3) is 5.23. The van der Waals surface area contributed by atoms with Gasteiger partial charge >= 0.3 is 6.03 Å². The van der Waals surface area contributed by atoms with Crippen LogP contribution in [0, 0.1) is 0 Å². The quantitative estimate of drug-likeness (QED) is 0.511. The van der Waals surface area contributed by atoms with E-state index in [2.05, 4.69) is 4.72 Å². The zero-order chi connectivity index (χ0) is 23.4. The van der Waals surface area contributed by atoms with E-state index >= 15 is 0 Å². The number of urea groups is 1. The Morgan fingerprint density at radius 2 is 1.79 bits per heavy atom. The summed E-state index contributed by atoms with van der Waals surface area (Å²) in [7, 11) is -2.35. The van der Waals surface area contributed by atoms with Gasteiger partial charge in [0, 0.05) is 30.7 Å². The number of sulfonamides is 1. The SMILES string of the molecule is COc1ccc(N2CCCN(Cc3cccc(Cl)c3)C2=O)c(NS(=O)(=O)c2ccccc2)c1. The lowest BCUT2D eigenvalue weighted by Crippen LogP contribution is -2.49. The van der Waals surface area contributed by atoms with Crippen LogP contribution in [-0.2, 0) is 16.6 Å². The Hall–Kier alpha value is -3.23. The monoisotopic (exact) mass is 485 g/mol. The van der Waals surface area contributed by atoms with E-state index in [-0.39, 0.29) is 16.6 Å². The van der Waals surface area contributed by atoms with Gasteiger partial charge in [0.05, 0.1) is 23.4 Å². The average molecular weight is 486 g/mol. The van der Waals surface area contributed by atoms with E-state index in [1.807, 2.05) is 18.2 Å². The molecule has 33 heavy (non-hydrogen) atoms. The van der Waals surface area contributed by atoms with E-state index in [9.17, 15) is 13.2 Å². The first-order valence-electron chi connectivity index (χ1n) is 10.4. The van der Waals surface area contributed by atoms with Gasteiger partial charge in [-0.1, -0.05) is 41.9 Å². The molecule has 1 aliphatic heterocycles. The van der Waals surface area contributed by atoms with E-state index in [1.165, 1.54) is 19.2 Å². The molecule has 7 nitrogen and oxygen atoms in total. The summed E-state index contributed by atoms with van der Waals surface area (Å²) >= 11 is 6.09. The average Bonchev–Trinajstić information content (AvgIpc) is 2.81. The Morgan fingerprint density at radius 1 is 1.00 bits per heavy atom. The molecular weight excluding hydrogens is 462 g/mol. The Bertz CT molecular complexity index is 1250. The van der Waals surface area contributed by atoms with Gasteiger partial charge in [0.2, 0.25) is 0 Å². The van der Waals surface area contributed by atoms with Crippen molar-refractivity contribution in [1.29, 1.82) is 0 Å². The van der Waals surface area contributed by atoms with Gasteiger partial charge in [-0.05, 0) is 48.4 Å². The second-order valence-corrected chi connectivity index (χ2v) is 9.76. The molecule has 0 saturated carbocycles. The van der Waals surface area contributed by atoms with Crippen molar-refractivity contribution >= 4 is 39.0 Å². The summed E-state index contributed by atoms with van der Waals surface area (Å²) < 4.78 is 33.9. The van der Waals surface area contributed by atoms with Crippen LogP contribution < -0.4 is 14.4 Å². The van der Waals surface area contributed by atoms with Gasteiger partial charge in [-0.25, -0.2) is 13.2 Å². The zero-order valence-corrected chi connectivity index (χ0v) is 19.6. The number of nitrogens with zero attached hydrogens (tertiary/aromatic N) is 2. The fourth-order valence-corrected chi connectivity index (χ4v) is 5.07. The summed E-state index contributed by atoms with van der Waals surface area (Å²) in [5, 5.41) is 0.613. The number of halogens is 1. The smallest absolute Gasteiger partial charge is 0.324 e. The highest BCUT2D eigenvalue weighted by molar-refractivity contribution is 7.92. The number of rotatable bonds is 7. The Balaban J connectivity index is 1.64. The number of carbonyl (C=O) groups excluding carboxylic acids is 1. The minimum atomic E-state index is -3.86. The normalized spacial score (nSPS) is 14.3. The summed E-state index contributed by atoms with van der Waals surface area (Å²) in [6.07, 6.45) is 0.739. The van der Waals surface area contributed by atoms with Crippen LogP contribution in [0.1, 0.15) is 12.0 Å². The van der Waals surface area contributed by atoms with Crippen LogP contribution in [0.15, 0.2) is 77.7 Å². The molecule has 4 rings (SSSR count). The Labute approximate surface area is 198 Å². The standard InChI is InChI=1S/C24H24ClN3O4S/c1-32-20-11-12-23(22(16-20)26-33(30,31)21-9-3-2-4-10-21)28-14-6-13-27(24(28)29)17-18-7-5-8-19(25)15-18/h2-5,7-12,15-16,26H,6,13-14,17H2,1H3. The van der Waals surface area contributed by atoms with E-state index in [1.54, 1.807) is 52.3 Å². The molecule has 0 spiro atoms. The van der Waals surface area contributed by atoms with Crippen LogP contribution in [-0.4, -0.2) is 39.5 Å². The predicted molar refractivity (Wildman–Crippen MR) is 129 cm³/mol. The number of amides is 2. The number of benzene rings is 3. The van der Waals surface area contributed by atoms with Crippen molar-refractivity contribution in [2.75, 3.05) is 29.8 Å². The molecule has 3 aromatic carbocycles. The lowest BCUT2D eigenvalue weighted by molar-refractivity contribution is 0.192. The van der Waals surface area contributed by atoms with Gasteiger partial charge in [-0.15, -0.1) is 0 Å². The highest BCUT2D eigenvalue weighted by Gasteiger charge is 2.29. The number of carbonyl (C=O) groups is 1. The Kier molecular flexibility index (Phi) is 6.76. The summed E-state index contributed by atoms with van der Waals surface area (Å²) in [4.78, 5) is 16.8. The van der Waals surface area contributed by atoms with Crippen molar-refractivity contribution in [2.45, 2.75) is 17.9 Å². The molecule has 0 bridgehead atoms. The van der Waals surface area contributed by atoms with Crippen LogP contribution in [0.5, 0.6) is 5.75 Å². The molecule has 3 aromatic rings. The maximum atomic E-state index is 13.4. The van der Waals surface area contributed by atoms with Crippen molar-refractivity contribution < 1.29 is 17.9 Å². The van der Waals surface area contributed by atoms with Crippen molar-refractivity contribution in [1.82, 2.24) is 4.90 Å². The van der Waals surface area contributed by atoms with E-state index in [0.29, 0.717) is 36.1 Å². The molecule has 1 fully saturated rings. The topological polar surface area (TPSA) is 79.0 Å². The fourth-order valence-electron chi connectivity index (χ4n) is 3.77. The largest absolute Gasteiger partial charge is 0.497 e. The number of ether oxygens (including phenoxy) is 1. The number of anilines is 2. The Morgan fingerprint density at radius 3 is 2.52 bits per heavy atom. The maximum absolute atomic E-state index is 13.4. The predicted octanol–water partition coefficient (Wildman–Crippen LogP) is 4.98. The van der Waals surface area contributed by atoms with E-state index in [0.717, 1.165) is 12.0 Å². The minimum Gasteiger partial charge on any atom is -0.497 e. The first-order valence-corrected chi connectivity index (χ1v) is 12.3. The molecule has 1 heterocycles. The van der Waals surface area contributed by atoms with Gasteiger partial charge < -0.3 is 9.64 Å². The molecule has 172 valence electrons. The van der Waals surface area contributed by atoms with Crippen LogP contribution in [0.25, 0.3) is 0 Å². The second kappa shape index (κ2) is 9.72. The molecular formula is C24H24ClN3O4S. The minimum absolute atomic E-state index is 0.131. The molecule has 1 N–H and O–H groups in total. The van der Waals surface area contributed by atoms with Gasteiger partial charge in [-0.3, -0.25) is 9.62 Å². The molecule has 0 aliphatic carbocycles. The molecule has 0 atom stereocenters. The maximum Gasteiger partial charge on any atom is 0.324 e. The molecule has 9 heteroatoms. The number of hydrogen-bond donors (Lipinski definition) is 1. The first-order chi connectivity index (χ1) is 15.9. The number of methoxy groups -OCH3 is 1. The van der Waals surface area contributed by atoms with Crippen molar-refractivity contribution in [2.24, 2.45) is 0 Å². The second-order valence-electron chi connectivity index (χ2n) is 7.64. The fraction of sp³-hybridized carbons (Fsp3) is 0.208. The van der Waals surface area contributed by atoms with Gasteiger partial charge in [0.1, 0.15) is 5.75 Å². The molecule has 1 saturated heterocycles. The molecule has 0 aromatic heterocycles. The molecule has 1 aliphatic rings. The van der Waals surface area contributed by atoms with Crippen molar-refractivity contribution in [3.05, 3.63) is 83.4 Å². The number of nitrogens with one attached hydrogen (secondary N) is 1. The van der Waals surface area contributed by atoms with Gasteiger partial charge in [0.25, 0.3) is 10.0 Å². The van der Waals surface area contributed by atoms with Crippen LogP contribution in [0.4, 0.5) is 16.2 Å². The summed E-state index contributed by atoms with van der Waals surface area (Å²) in [6, 6.07) is 20.3. The molecule has 0 unspecified atom stereocenters. The molecule has 0 radical (unpaired) electrons. The number of hydrogen-bond acceptors (Lipinski definition) is 4. The lowest BCUT2D eigenvalue weighted by Gasteiger charge is -2.36. The highest BCUT2D eigenvalue weighted by atomic mass is 35.5. The van der Waals surface area contributed by atoms with Gasteiger partial charge in [-0.2, -0.15) is 0 Å². The van der Waals surface area contributed by atoms with E-state index in [4.69, 9.17) is 16.3 Å². The third-order valence-corrected chi connectivity index (χ3v) is 6.98. The van der Waals surface area contributed by atoms with Crippen molar-refractivity contribution in [3.63, 3.8) is 0 Å². The summed E-state index contributed by atoms with van der Waals surface area (Å²) in [5.74, 6) is 0.477. The van der Waals surface area contributed by atoms with E-state index < -0.39 is 10.0 Å². The van der Waals surface area contributed by atoms with Crippen LogP contribution in [0.2, 0.25) is 5.02 Å². The van der Waals surface area contributed by atoms with Gasteiger partial charge in [0.15, 0.2) is 0 Å².